The highest BCUT2D eigenvalue weighted by Gasteiger charge is 2.21. The van der Waals surface area contributed by atoms with E-state index in [0.29, 0.717) is 25.1 Å². The quantitative estimate of drug-likeness (QED) is 0.498. The van der Waals surface area contributed by atoms with Crippen LogP contribution in [0.4, 0.5) is 10.5 Å². The van der Waals surface area contributed by atoms with E-state index in [1.165, 1.54) is 0 Å². The number of benzene rings is 2. The predicted molar refractivity (Wildman–Crippen MR) is 120 cm³/mol. The maximum atomic E-state index is 12.8. The number of urea groups is 1. The average molecular weight is 418 g/mol. The molecule has 0 saturated heterocycles. The number of amides is 3. The third-order valence-corrected chi connectivity index (χ3v) is 4.71. The Morgan fingerprint density at radius 1 is 0.935 bits per heavy atom. The lowest BCUT2D eigenvalue weighted by atomic mass is 10.1. The van der Waals surface area contributed by atoms with E-state index in [2.05, 4.69) is 20.9 Å². The molecule has 0 unspecified atom stereocenters. The summed E-state index contributed by atoms with van der Waals surface area (Å²) in [7, 11) is 1.62. The van der Waals surface area contributed by atoms with Crippen molar-refractivity contribution in [2.24, 2.45) is 0 Å². The van der Waals surface area contributed by atoms with Crippen LogP contribution in [0.2, 0.25) is 0 Å². The fraction of sp³-hybridized carbons (Fsp3) is 0.208. The fourth-order valence-corrected chi connectivity index (χ4v) is 3.05. The predicted octanol–water partition coefficient (Wildman–Crippen LogP) is 3.18. The highest BCUT2D eigenvalue weighted by atomic mass is 16.5. The van der Waals surface area contributed by atoms with E-state index in [4.69, 9.17) is 4.74 Å². The molecule has 0 saturated carbocycles. The number of aromatic nitrogens is 1. The maximum absolute atomic E-state index is 12.8. The number of anilines is 1. The van der Waals surface area contributed by atoms with E-state index in [9.17, 15) is 9.59 Å². The molecule has 2 aromatic carbocycles. The van der Waals surface area contributed by atoms with Gasteiger partial charge in [0.15, 0.2) is 0 Å². The Morgan fingerprint density at radius 2 is 1.65 bits per heavy atom. The molecule has 3 rings (SSSR count). The zero-order valence-corrected chi connectivity index (χ0v) is 17.4. The number of carbonyl (C=O) groups excluding carboxylic acids is 2. The Bertz CT molecular complexity index is 963. The highest BCUT2D eigenvalue weighted by Crippen LogP contribution is 2.11. The highest BCUT2D eigenvalue weighted by molar-refractivity contribution is 5.97. The topological polar surface area (TPSA) is 92.4 Å². The van der Waals surface area contributed by atoms with Crippen LogP contribution in [-0.2, 0) is 17.6 Å². The molecular formula is C24H26N4O3. The molecule has 1 aromatic heterocycles. The molecule has 31 heavy (non-hydrogen) atoms. The summed E-state index contributed by atoms with van der Waals surface area (Å²) in [4.78, 5) is 29.2. The minimum Gasteiger partial charge on any atom is -0.497 e. The molecular weight excluding hydrogens is 392 g/mol. The molecule has 0 spiro atoms. The maximum Gasteiger partial charge on any atom is 0.315 e. The van der Waals surface area contributed by atoms with Gasteiger partial charge in [-0.2, -0.15) is 0 Å². The molecule has 3 amide bonds. The van der Waals surface area contributed by atoms with Crippen molar-refractivity contribution in [3.8, 4) is 5.75 Å². The molecule has 7 heteroatoms. The lowest BCUT2D eigenvalue weighted by Crippen LogP contribution is -2.49. The second-order valence-corrected chi connectivity index (χ2v) is 6.97. The molecule has 3 aromatic rings. The zero-order chi connectivity index (χ0) is 21.9. The second kappa shape index (κ2) is 11.3. The molecule has 0 bridgehead atoms. The average Bonchev–Trinajstić information content (AvgIpc) is 2.80. The van der Waals surface area contributed by atoms with Crippen molar-refractivity contribution in [2.45, 2.75) is 18.9 Å². The Labute approximate surface area is 181 Å². The Balaban J connectivity index is 1.57. The van der Waals surface area contributed by atoms with Gasteiger partial charge in [-0.1, -0.05) is 42.5 Å². The molecule has 0 aliphatic rings. The molecule has 0 fully saturated rings. The van der Waals surface area contributed by atoms with Crippen molar-refractivity contribution >= 4 is 17.6 Å². The van der Waals surface area contributed by atoms with Gasteiger partial charge in [-0.25, -0.2) is 4.79 Å². The van der Waals surface area contributed by atoms with E-state index in [-0.39, 0.29) is 11.9 Å². The van der Waals surface area contributed by atoms with Crippen LogP contribution in [0, 0.1) is 0 Å². The van der Waals surface area contributed by atoms with Crippen LogP contribution < -0.4 is 20.7 Å². The van der Waals surface area contributed by atoms with Crippen LogP contribution in [0.1, 0.15) is 11.1 Å². The van der Waals surface area contributed by atoms with Crippen molar-refractivity contribution in [3.63, 3.8) is 0 Å². The van der Waals surface area contributed by atoms with Gasteiger partial charge in [0.25, 0.3) is 0 Å². The monoisotopic (exact) mass is 418 g/mol. The van der Waals surface area contributed by atoms with Gasteiger partial charge in [0.1, 0.15) is 11.8 Å². The Morgan fingerprint density at radius 3 is 2.32 bits per heavy atom. The van der Waals surface area contributed by atoms with Gasteiger partial charge < -0.3 is 20.7 Å². The first-order valence-corrected chi connectivity index (χ1v) is 10.1. The number of ether oxygens (including phenoxy) is 1. The molecule has 7 nitrogen and oxygen atoms in total. The van der Waals surface area contributed by atoms with Crippen LogP contribution in [0.5, 0.6) is 5.75 Å². The first-order valence-electron chi connectivity index (χ1n) is 10.1. The minimum absolute atomic E-state index is 0.291. The number of rotatable bonds is 9. The first kappa shape index (κ1) is 21.8. The van der Waals surface area contributed by atoms with Crippen LogP contribution in [0.3, 0.4) is 0 Å². The van der Waals surface area contributed by atoms with Gasteiger partial charge in [-0.15, -0.1) is 0 Å². The molecule has 0 radical (unpaired) electrons. The van der Waals surface area contributed by atoms with Crippen molar-refractivity contribution in [2.75, 3.05) is 19.0 Å². The molecule has 1 heterocycles. The molecule has 1 atom stereocenters. The second-order valence-electron chi connectivity index (χ2n) is 6.97. The Hall–Kier alpha value is -3.87. The van der Waals surface area contributed by atoms with E-state index >= 15 is 0 Å². The van der Waals surface area contributed by atoms with Crippen molar-refractivity contribution in [1.29, 1.82) is 0 Å². The largest absolute Gasteiger partial charge is 0.497 e. The third-order valence-electron chi connectivity index (χ3n) is 4.71. The van der Waals surface area contributed by atoms with Crippen LogP contribution in [0.15, 0.2) is 79.1 Å². The minimum atomic E-state index is -0.725. The van der Waals surface area contributed by atoms with E-state index in [1.807, 2.05) is 54.6 Å². The number of methoxy groups -OCH3 is 1. The molecule has 160 valence electrons. The van der Waals surface area contributed by atoms with Crippen LogP contribution >= 0.6 is 0 Å². The summed E-state index contributed by atoms with van der Waals surface area (Å²) >= 11 is 0. The summed E-state index contributed by atoms with van der Waals surface area (Å²) in [5.41, 5.74) is 2.66. The lowest BCUT2D eigenvalue weighted by molar-refractivity contribution is -0.117. The molecule has 3 N–H and O–H groups in total. The van der Waals surface area contributed by atoms with Gasteiger partial charge >= 0.3 is 6.03 Å². The fourth-order valence-electron chi connectivity index (χ4n) is 3.05. The SMILES string of the molecule is COc1ccc(CCNC(=O)N[C@@H](Cc2ccccc2)C(=O)Nc2ccncc2)cc1. The normalized spacial score (nSPS) is 11.3. The summed E-state index contributed by atoms with van der Waals surface area (Å²) in [6, 6.07) is 19.5. The first-order chi connectivity index (χ1) is 15.1. The van der Waals surface area contributed by atoms with Gasteiger partial charge in [0.2, 0.25) is 5.91 Å². The van der Waals surface area contributed by atoms with Gasteiger partial charge in [-0.3, -0.25) is 9.78 Å². The van der Waals surface area contributed by atoms with Gasteiger partial charge in [0, 0.05) is 31.0 Å². The number of nitrogens with one attached hydrogen (secondary N) is 3. The van der Waals surface area contributed by atoms with Crippen LogP contribution in [-0.4, -0.2) is 36.6 Å². The number of carbonyl (C=O) groups is 2. The smallest absolute Gasteiger partial charge is 0.315 e. The Kier molecular flexibility index (Phi) is 7.99. The summed E-state index contributed by atoms with van der Waals surface area (Å²) in [5, 5.41) is 8.44. The van der Waals surface area contributed by atoms with Crippen molar-refractivity contribution in [3.05, 3.63) is 90.3 Å². The molecule has 0 aliphatic heterocycles. The molecule has 0 aliphatic carbocycles. The number of hydrogen-bond acceptors (Lipinski definition) is 4. The van der Waals surface area contributed by atoms with E-state index in [1.54, 1.807) is 31.6 Å². The number of pyridine rings is 1. The summed E-state index contributed by atoms with van der Waals surface area (Å²) in [6.07, 6.45) is 4.25. The number of hydrogen-bond donors (Lipinski definition) is 3. The van der Waals surface area contributed by atoms with E-state index < -0.39 is 6.04 Å². The third kappa shape index (κ3) is 7.15. The number of nitrogens with zero attached hydrogens (tertiary/aromatic N) is 1. The van der Waals surface area contributed by atoms with Crippen molar-refractivity contribution < 1.29 is 14.3 Å². The standard InChI is InChI=1S/C24H26N4O3/c1-31-21-9-7-18(8-10-21)11-16-26-24(30)28-22(17-19-5-3-2-4-6-19)23(29)27-20-12-14-25-15-13-20/h2-10,12-15,22H,11,16-17H2,1H3,(H,25,27,29)(H2,26,28,30)/t22-/m0/s1. The van der Waals surface area contributed by atoms with E-state index in [0.717, 1.165) is 16.9 Å². The zero-order valence-electron chi connectivity index (χ0n) is 17.4. The summed E-state index contributed by atoms with van der Waals surface area (Å²) in [5.74, 6) is 0.499. The lowest BCUT2D eigenvalue weighted by Gasteiger charge is -2.19. The van der Waals surface area contributed by atoms with Crippen molar-refractivity contribution in [1.82, 2.24) is 15.6 Å². The van der Waals surface area contributed by atoms with Gasteiger partial charge in [-0.05, 0) is 41.8 Å². The van der Waals surface area contributed by atoms with Gasteiger partial charge in [0.05, 0.1) is 7.11 Å². The van der Waals surface area contributed by atoms with Crippen LogP contribution in [0.25, 0.3) is 0 Å². The summed E-state index contributed by atoms with van der Waals surface area (Å²) in [6.45, 7) is 0.447. The summed E-state index contributed by atoms with van der Waals surface area (Å²) < 4.78 is 5.15.